The van der Waals surface area contributed by atoms with Crippen LogP contribution in [-0.4, -0.2) is 28.6 Å². The number of aryl methyl sites for hydroxylation is 2. The summed E-state index contributed by atoms with van der Waals surface area (Å²) in [6.07, 6.45) is 0. The van der Waals surface area contributed by atoms with Gasteiger partial charge in [-0.2, -0.15) is 5.10 Å². The zero-order valence-corrected chi connectivity index (χ0v) is 13.1. The molecule has 0 fully saturated rings. The summed E-state index contributed by atoms with van der Waals surface area (Å²) in [5.41, 5.74) is 5.39. The van der Waals surface area contributed by atoms with E-state index in [1.165, 1.54) is 5.56 Å². The average molecular weight is 289 g/mol. The Labute approximate surface area is 125 Å². The van der Waals surface area contributed by atoms with Crippen molar-refractivity contribution in [3.05, 3.63) is 40.7 Å². The molecule has 0 aliphatic rings. The highest BCUT2D eigenvalue weighted by Gasteiger charge is 2.12. The molecule has 0 aliphatic heterocycles. The number of ether oxygens (including phenoxy) is 1. The van der Waals surface area contributed by atoms with E-state index in [-0.39, 0.29) is 6.61 Å². The molecule has 0 radical (unpaired) electrons. The molecular weight excluding hydrogens is 266 g/mol. The fourth-order valence-electron chi connectivity index (χ4n) is 2.45. The number of anilines is 1. The van der Waals surface area contributed by atoms with Crippen molar-refractivity contribution in [2.75, 3.05) is 19.0 Å². The van der Waals surface area contributed by atoms with Crippen molar-refractivity contribution >= 4 is 5.69 Å². The van der Waals surface area contributed by atoms with Crippen LogP contribution in [0.15, 0.2) is 18.2 Å². The van der Waals surface area contributed by atoms with E-state index in [0.717, 1.165) is 28.4 Å². The second-order valence-electron chi connectivity index (χ2n) is 5.15. The first-order chi connectivity index (χ1) is 10.1. The van der Waals surface area contributed by atoms with E-state index in [2.05, 4.69) is 23.4 Å². The molecule has 0 spiro atoms. The monoisotopic (exact) mass is 289 g/mol. The summed E-state index contributed by atoms with van der Waals surface area (Å²) in [6.45, 7) is 7.38. The van der Waals surface area contributed by atoms with Gasteiger partial charge < -0.3 is 15.2 Å². The van der Waals surface area contributed by atoms with Gasteiger partial charge in [-0.25, -0.2) is 0 Å². The number of rotatable bonds is 6. The summed E-state index contributed by atoms with van der Waals surface area (Å²) in [4.78, 5) is 0. The van der Waals surface area contributed by atoms with Crippen molar-refractivity contribution in [2.24, 2.45) is 0 Å². The van der Waals surface area contributed by atoms with Crippen LogP contribution >= 0.6 is 0 Å². The summed E-state index contributed by atoms with van der Waals surface area (Å²) in [7, 11) is 1.67. The molecule has 2 rings (SSSR count). The smallest absolute Gasteiger partial charge is 0.141 e. The van der Waals surface area contributed by atoms with Crippen LogP contribution in [0.2, 0.25) is 0 Å². The van der Waals surface area contributed by atoms with Crippen LogP contribution in [0.1, 0.15) is 22.5 Å². The third-order valence-electron chi connectivity index (χ3n) is 3.65. The Balaban J connectivity index is 2.18. The number of aliphatic hydroxyl groups is 1. The van der Waals surface area contributed by atoms with E-state index >= 15 is 0 Å². The quantitative estimate of drug-likeness (QED) is 0.857. The van der Waals surface area contributed by atoms with Crippen molar-refractivity contribution in [3.8, 4) is 5.75 Å². The lowest BCUT2D eigenvalue weighted by atomic mass is 10.1. The van der Waals surface area contributed by atoms with Gasteiger partial charge in [0, 0.05) is 17.8 Å². The predicted octanol–water partition coefficient (Wildman–Crippen LogP) is 2.42. The maximum absolute atomic E-state index is 9.06. The fourth-order valence-corrected chi connectivity index (χ4v) is 2.45. The van der Waals surface area contributed by atoms with Crippen LogP contribution in [0.5, 0.6) is 5.75 Å². The minimum Gasteiger partial charge on any atom is -0.495 e. The molecule has 5 nitrogen and oxygen atoms in total. The van der Waals surface area contributed by atoms with Crippen LogP contribution in [0.3, 0.4) is 0 Å². The number of aromatic nitrogens is 2. The van der Waals surface area contributed by atoms with E-state index in [1.54, 1.807) is 7.11 Å². The Kier molecular flexibility index (Phi) is 4.85. The van der Waals surface area contributed by atoms with Crippen LogP contribution in [0.25, 0.3) is 0 Å². The van der Waals surface area contributed by atoms with Gasteiger partial charge in [0.05, 0.1) is 31.6 Å². The van der Waals surface area contributed by atoms with Gasteiger partial charge in [-0.1, -0.05) is 6.07 Å². The molecule has 5 heteroatoms. The maximum atomic E-state index is 9.06. The summed E-state index contributed by atoms with van der Waals surface area (Å²) >= 11 is 0. The molecule has 1 heterocycles. The van der Waals surface area contributed by atoms with Crippen molar-refractivity contribution in [3.63, 3.8) is 0 Å². The number of hydrogen-bond acceptors (Lipinski definition) is 4. The van der Waals surface area contributed by atoms with E-state index in [4.69, 9.17) is 9.84 Å². The summed E-state index contributed by atoms with van der Waals surface area (Å²) in [5, 5.41) is 16.9. The van der Waals surface area contributed by atoms with Gasteiger partial charge in [-0.15, -0.1) is 0 Å². The molecule has 0 saturated carbocycles. The van der Waals surface area contributed by atoms with Gasteiger partial charge in [-0.05, 0) is 38.5 Å². The number of hydrogen-bond donors (Lipinski definition) is 2. The van der Waals surface area contributed by atoms with E-state index in [1.807, 2.05) is 30.7 Å². The predicted molar refractivity (Wildman–Crippen MR) is 83.8 cm³/mol. The second kappa shape index (κ2) is 6.63. The molecule has 2 N–H and O–H groups in total. The van der Waals surface area contributed by atoms with Gasteiger partial charge >= 0.3 is 0 Å². The summed E-state index contributed by atoms with van der Waals surface area (Å²) in [6, 6.07) is 6.06. The molecule has 21 heavy (non-hydrogen) atoms. The third kappa shape index (κ3) is 3.36. The molecule has 0 unspecified atom stereocenters. The number of methoxy groups -OCH3 is 1. The summed E-state index contributed by atoms with van der Waals surface area (Å²) in [5.74, 6) is 0.832. The van der Waals surface area contributed by atoms with Gasteiger partial charge in [0.1, 0.15) is 5.75 Å². The second-order valence-corrected chi connectivity index (χ2v) is 5.15. The molecule has 0 saturated heterocycles. The molecule has 0 atom stereocenters. The Bertz CT molecular complexity index is 620. The van der Waals surface area contributed by atoms with Crippen LogP contribution in [0.4, 0.5) is 5.69 Å². The number of nitrogens with zero attached hydrogens (tertiary/aromatic N) is 2. The van der Waals surface area contributed by atoms with E-state index in [9.17, 15) is 0 Å². The maximum Gasteiger partial charge on any atom is 0.141 e. The SMILES string of the molecule is COc1ccc(C)cc1NCc1c(C)nn(CCO)c1C. The molecule has 1 aromatic carbocycles. The largest absolute Gasteiger partial charge is 0.495 e. The standard InChI is InChI=1S/C16H23N3O2/c1-11-5-6-16(21-4)15(9-11)17-10-14-12(2)18-19(7-8-20)13(14)3/h5-6,9,17,20H,7-8,10H2,1-4H3. The number of nitrogens with one attached hydrogen (secondary N) is 1. The molecule has 0 bridgehead atoms. The van der Waals surface area contributed by atoms with Crippen molar-refractivity contribution in [1.82, 2.24) is 9.78 Å². The number of benzene rings is 1. The minimum absolute atomic E-state index is 0.0977. The topological polar surface area (TPSA) is 59.3 Å². The first-order valence-corrected chi connectivity index (χ1v) is 7.09. The lowest BCUT2D eigenvalue weighted by Crippen LogP contribution is -2.07. The van der Waals surface area contributed by atoms with Crippen molar-refractivity contribution in [1.29, 1.82) is 0 Å². The lowest BCUT2D eigenvalue weighted by Gasteiger charge is -2.12. The Hall–Kier alpha value is -2.01. The normalized spacial score (nSPS) is 10.7. The first kappa shape index (κ1) is 15.4. The molecule has 0 aliphatic carbocycles. The third-order valence-corrected chi connectivity index (χ3v) is 3.65. The zero-order valence-electron chi connectivity index (χ0n) is 13.1. The van der Waals surface area contributed by atoms with E-state index in [0.29, 0.717) is 13.1 Å². The Morgan fingerprint density at radius 3 is 2.71 bits per heavy atom. The molecular formula is C16H23N3O2. The highest BCUT2D eigenvalue weighted by Crippen LogP contribution is 2.26. The van der Waals surface area contributed by atoms with Crippen LogP contribution in [0, 0.1) is 20.8 Å². The fraction of sp³-hybridized carbons (Fsp3) is 0.438. The molecule has 0 amide bonds. The highest BCUT2D eigenvalue weighted by atomic mass is 16.5. The van der Waals surface area contributed by atoms with Gasteiger partial charge in [0.2, 0.25) is 0 Å². The molecule has 114 valence electrons. The minimum atomic E-state index is 0.0977. The van der Waals surface area contributed by atoms with Crippen LogP contribution < -0.4 is 10.1 Å². The number of aliphatic hydroxyl groups excluding tert-OH is 1. The zero-order chi connectivity index (χ0) is 15.4. The first-order valence-electron chi connectivity index (χ1n) is 7.09. The van der Waals surface area contributed by atoms with Crippen molar-refractivity contribution < 1.29 is 9.84 Å². The highest BCUT2D eigenvalue weighted by molar-refractivity contribution is 5.58. The van der Waals surface area contributed by atoms with Crippen molar-refractivity contribution in [2.45, 2.75) is 33.9 Å². The van der Waals surface area contributed by atoms with Gasteiger partial charge in [-0.3, -0.25) is 4.68 Å². The van der Waals surface area contributed by atoms with Gasteiger partial charge in [0.15, 0.2) is 0 Å². The van der Waals surface area contributed by atoms with E-state index < -0.39 is 0 Å². The summed E-state index contributed by atoms with van der Waals surface area (Å²) < 4.78 is 7.22. The molecule has 2 aromatic rings. The van der Waals surface area contributed by atoms with Gasteiger partial charge in [0.25, 0.3) is 0 Å². The average Bonchev–Trinajstić information content (AvgIpc) is 2.72. The Morgan fingerprint density at radius 2 is 2.05 bits per heavy atom. The molecule has 1 aromatic heterocycles. The lowest BCUT2D eigenvalue weighted by molar-refractivity contribution is 0.268. The Morgan fingerprint density at radius 1 is 1.29 bits per heavy atom. The van der Waals surface area contributed by atoms with Crippen LogP contribution in [-0.2, 0) is 13.1 Å².